The molecule has 0 heterocycles. The van der Waals surface area contributed by atoms with E-state index in [4.69, 9.17) is 24.7 Å². The van der Waals surface area contributed by atoms with Gasteiger partial charge >= 0.3 is 24.1 Å². The fraction of sp³-hybridized carbons (Fsp3) is 0.507. The van der Waals surface area contributed by atoms with Gasteiger partial charge < -0.3 is 77.4 Å². The molecule has 0 aliphatic heterocycles. The number of hydrogen-bond acceptors (Lipinski definition) is 22. The topological polar surface area (TPSA) is 467 Å². The third-order valence-electron chi connectivity index (χ3n) is 16.5. The third kappa shape index (κ3) is 29.6. The summed E-state index contributed by atoms with van der Waals surface area (Å²) < 4.78 is 22.4. The van der Waals surface area contributed by atoms with E-state index in [-0.39, 0.29) is 43.6 Å². The van der Waals surface area contributed by atoms with E-state index in [0.717, 1.165) is 27.9 Å². The molecule has 109 heavy (non-hydrogen) atoms. The number of benzene rings is 4. The number of carbonyl (C=O) groups is 13. The summed E-state index contributed by atoms with van der Waals surface area (Å²) in [5, 5.41) is 41.7. The Morgan fingerprint density at radius 2 is 1.11 bits per heavy atom. The zero-order chi connectivity index (χ0) is 81.0. The summed E-state index contributed by atoms with van der Waals surface area (Å²) in [6.07, 6.45) is -3.31. The summed E-state index contributed by atoms with van der Waals surface area (Å²) in [5.41, 5.74) is 8.43. The highest BCUT2D eigenvalue weighted by molar-refractivity contribution is 5.98. The van der Waals surface area contributed by atoms with Crippen molar-refractivity contribution in [3.8, 4) is 11.1 Å². The molecular formula is C75H103N15O19. The number of primary amides is 1. The van der Waals surface area contributed by atoms with Gasteiger partial charge in [-0.05, 0) is 138 Å². The van der Waals surface area contributed by atoms with E-state index in [0.29, 0.717) is 17.9 Å². The van der Waals surface area contributed by atoms with Gasteiger partial charge in [-0.3, -0.25) is 63.0 Å². The van der Waals surface area contributed by atoms with Crippen LogP contribution in [0.4, 0.5) is 32.3 Å². The number of hydrogen-bond donors (Lipinski definition) is 10. The molecule has 6 atom stereocenters. The standard InChI is InChI=1S/C75H103N15O19/c1-15-88(49-28-24-47(25-29-49)86-87-48-26-30-50(31-27-48)90(104)105)33-34-89(73(103)107-42-55-53-22-18-16-20-51(53)52-21-17-19-23-54(52)55)41-62(94)84-64(44(4)5)70(100)85-65(45(6)7)69(99)81-56(67(97)82-57(36-43(2)3)71(101)108-74(9,10)11)37-63(95)106-35-32-60(92)77-38-58(83-72(102)109-75(12,13)14)68(98)80-46(8)66(96)79-40-61(93)78-39-59(76)91/h16-31,43-46,55-58,64-65H,15,32-42H2,1-14H3,(H2,76,91)(H,77,92)(H,78,93)(H,79,96)(H,80,98)(H,81,99)(H,82,97)(H,83,102)(H,84,94)(H,85,100)/t46-,56-,57-,58-,64-,65-/m0/s1. The van der Waals surface area contributed by atoms with Gasteiger partial charge in [0.25, 0.3) is 5.69 Å². The Morgan fingerprint density at radius 1 is 0.569 bits per heavy atom. The van der Waals surface area contributed by atoms with E-state index in [1.807, 2.05) is 60.4 Å². The van der Waals surface area contributed by atoms with Gasteiger partial charge in [-0.15, -0.1) is 0 Å². The Labute approximate surface area is 633 Å². The Bertz CT molecular complexity index is 3870. The number of anilines is 1. The number of amides is 11. The van der Waals surface area contributed by atoms with Crippen molar-refractivity contribution < 1.29 is 86.2 Å². The predicted octanol–water partition coefficient (Wildman–Crippen LogP) is 5.28. The lowest BCUT2D eigenvalue weighted by molar-refractivity contribution is -0.384. The molecule has 0 unspecified atom stereocenters. The summed E-state index contributed by atoms with van der Waals surface area (Å²) in [7, 11) is 0. The molecule has 0 aromatic heterocycles. The van der Waals surface area contributed by atoms with Crippen LogP contribution < -0.4 is 58.5 Å². The summed E-state index contributed by atoms with van der Waals surface area (Å²) in [4.78, 5) is 189. The Morgan fingerprint density at radius 3 is 1.65 bits per heavy atom. The van der Waals surface area contributed by atoms with Crippen LogP contribution in [0.2, 0.25) is 0 Å². The van der Waals surface area contributed by atoms with Gasteiger partial charge in [-0.2, -0.15) is 10.2 Å². The van der Waals surface area contributed by atoms with Crippen molar-refractivity contribution >= 4 is 100 Å². The summed E-state index contributed by atoms with van der Waals surface area (Å²) >= 11 is 0. The first-order chi connectivity index (χ1) is 51.2. The number of likely N-dealkylation sites (N-methyl/N-ethyl adjacent to an activating group) is 1. The molecule has 0 saturated heterocycles. The molecule has 1 aliphatic carbocycles. The molecule has 0 saturated carbocycles. The highest BCUT2D eigenvalue weighted by Gasteiger charge is 2.38. The van der Waals surface area contributed by atoms with Gasteiger partial charge in [0.2, 0.25) is 53.2 Å². The van der Waals surface area contributed by atoms with E-state index in [9.17, 15) is 72.4 Å². The number of nitrogens with two attached hydrogens (primary N) is 1. The molecule has 11 N–H and O–H groups in total. The molecule has 34 nitrogen and oxygen atoms in total. The molecule has 592 valence electrons. The largest absolute Gasteiger partial charge is 0.465 e. The molecule has 4 aromatic carbocycles. The van der Waals surface area contributed by atoms with Gasteiger partial charge in [0.1, 0.15) is 67.2 Å². The van der Waals surface area contributed by atoms with Crippen LogP contribution in [0.5, 0.6) is 0 Å². The third-order valence-corrected chi connectivity index (χ3v) is 16.5. The maximum atomic E-state index is 14.6. The summed E-state index contributed by atoms with van der Waals surface area (Å²) in [6, 6.07) is 19.4. The molecule has 0 fully saturated rings. The van der Waals surface area contributed by atoms with E-state index in [2.05, 4.69) is 58.1 Å². The molecular weight excluding hydrogens is 1410 g/mol. The zero-order valence-electron chi connectivity index (χ0n) is 64.1. The normalized spacial score (nSPS) is 13.5. The van der Waals surface area contributed by atoms with Crippen LogP contribution in [-0.2, 0) is 71.7 Å². The zero-order valence-corrected chi connectivity index (χ0v) is 64.1. The number of nitro benzene ring substituents is 1. The molecule has 0 bridgehead atoms. The van der Waals surface area contributed by atoms with E-state index >= 15 is 0 Å². The second-order valence-corrected chi connectivity index (χ2v) is 29.0. The van der Waals surface area contributed by atoms with Crippen LogP contribution in [0.25, 0.3) is 11.1 Å². The minimum Gasteiger partial charge on any atom is -0.465 e. The SMILES string of the molecule is CCN(CCN(CC(=O)N[C@H](C(=O)N[C@H](C(=O)N[C@@H](CC(=O)OCCC(=O)NC[C@H](NC(=O)OC(C)(C)C)C(=O)N[C@@H](C)C(=O)NCC(=O)NCC(N)=O)C(=O)N[C@@H](CC(C)C)C(=O)OC(C)(C)C)C(C)C)C(C)C)C(=O)OCC1c2ccccc2-c2ccccc21)c1ccc(N=Nc2ccc([N+](=O)[O-])cc2)cc1. The van der Waals surface area contributed by atoms with Crippen LogP contribution in [0.1, 0.15) is 133 Å². The second kappa shape index (κ2) is 41.5. The van der Waals surface area contributed by atoms with Gasteiger partial charge in [0, 0.05) is 49.9 Å². The van der Waals surface area contributed by atoms with Crippen molar-refractivity contribution in [3.63, 3.8) is 0 Å². The average molecular weight is 1520 g/mol. The average Bonchev–Trinajstić information content (AvgIpc) is 1.61. The molecule has 5 rings (SSSR count). The van der Waals surface area contributed by atoms with Gasteiger partial charge in [-0.25, -0.2) is 14.4 Å². The molecule has 0 spiro atoms. The summed E-state index contributed by atoms with van der Waals surface area (Å²) in [5.74, 6) is -11.7. The number of esters is 2. The smallest absolute Gasteiger partial charge is 0.410 e. The second-order valence-electron chi connectivity index (χ2n) is 29.0. The van der Waals surface area contributed by atoms with Crippen LogP contribution in [-0.4, -0.2) is 194 Å². The number of nitro groups is 1. The fourth-order valence-corrected chi connectivity index (χ4v) is 11.0. The first-order valence-corrected chi connectivity index (χ1v) is 35.8. The minimum atomic E-state index is -1.81. The Balaban J connectivity index is 1.32. The highest BCUT2D eigenvalue weighted by atomic mass is 16.6. The van der Waals surface area contributed by atoms with Gasteiger partial charge in [-0.1, -0.05) is 90.1 Å². The Kier molecular flexibility index (Phi) is 33.5. The highest BCUT2D eigenvalue weighted by Crippen LogP contribution is 2.44. The lowest BCUT2D eigenvalue weighted by Gasteiger charge is -2.30. The van der Waals surface area contributed by atoms with Crippen molar-refractivity contribution in [1.82, 2.24) is 52.8 Å². The maximum Gasteiger partial charge on any atom is 0.410 e. The minimum absolute atomic E-state index is 0.0545. The number of non-ortho nitro benzene ring substituents is 1. The quantitative estimate of drug-likeness (QED) is 0.00892. The first kappa shape index (κ1) is 88.0. The molecule has 11 amide bonds. The number of fused-ring (bicyclic) bond motifs is 3. The number of alkyl carbamates (subject to hydrolysis) is 1. The van der Waals surface area contributed by atoms with E-state index < -0.39 is 187 Å². The molecule has 4 aromatic rings. The molecule has 1 aliphatic rings. The summed E-state index contributed by atoms with van der Waals surface area (Å²) in [6.45, 7) is 20.3. The number of nitrogens with zero attached hydrogens (tertiary/aromatic N) is 5. The van der Waals surface area contributed by atoms with E-state index in [1.54, 1.807) is 107 Å². The Hall–Kier alpha value is -11.6. The number of azo groups is 1. The monoisotopic (exact) mass is 1520 g/mol. The van der Waals surface area contributed by atoms with Crippen molar-refractivity contribution in [1.29, 1.82) is 0 Å². The van der Waals surface area contributed by atoms with Crippen LogP contribution in [0, 0.1) is 27.9 Å². The van der Waals surface area contributed by atoms with Crippen molar-refractivity contribution in [2.45, 2.75) is 170 Å². The fourth-order valence-electron chi connectivity index (χ4n) is 11.0. The van der Waals surface area contributed by atoms with Crippen LogP contribution in [0.3, 0.4) is 0 Å². The molecule has 34 heteroatoms. The number of rotatable bonds is 39. The van der Waals surface area contributed by atoms with Gasteiger partial charge in [0.05, 0.1) is 42.2 Å². The first-order valence-electron chi connectivity index (χ1n) is 35.8. The lowest BCUT2D eigenvalue weighted by atomic mass is 9.98. The van der Waals surface area contributed by atoms with Crippen LogP contribution in [0.15, 0.2) is 107 Å². The number of ether oxygens (including phenoxy) is 4. The van der Waals surface area contributed by atoms with Gasteiger partial charge in [0.15, 0.2) is 0 Å². The van der Waals surface area contributed by atoms with Crippen molar-refractivity contribution in [2.24, 2.45) is 33.7 Å². The van der Waals surface area contributed by atoms with E-state index in [1.165, 1.54) is 36.1 Å². The van der Waals surface area contributed by atoms with Crippen LogP contribution >= 0.6 is 0 Å². The lowest BCUT2D eigenvalue weighted by Crippen LogP contribution is -2.60. The number of carbonyl (C=O) groups excluding carboxylic acids is 13. The van der Waals surface area contributed by atoms with Crippen molar-refractivity contribution in [2.75, 3.05) is 63.9 Å². The maximum absolute atomic E-state index is 14.6. The predicted molar refractivity (Wildman–Crippen MR) is 400 cm³/mol. The number of nitrogens with one attached hydrogen (secondary N) is 9. The molecule has 0 radical (unpaired) electrons. The van der Waals surface area contributed by atoms with Crippen molar-refractivity contribution in [3.05, 3.63) is 118 Å².